The normalized spacial score (nSPS) is 13.6. The van der Waals surface area contributed by atoms with Crippen LogP contribution in [0.2, 0.25) is 5.02 Å². The van der Waals surface area contributed by atoms with E-state index in [2.05, 4.69) is 5.43 Å². The average Bonchev–Trinajstić information content (AvgIpc) is 2.29. The zero-order valence-electron chi connectivity index (χ0n) is 9.80. The summed E-state index contributed by atoms with van der Waals surface area (Å²) in [5.41, 5.74) is 3.55. The van der Waals surface area contributed by atoms with Gasteiger partial charge in [0.05, 0.1) is 0 Å². The molecule has 0 saturated heterocycles. The Morgan fingerprint density at radius 1 is 1.22 bits per heavy atom. The van der Waals surface area contributed by atoms with E-state index in [1.807, 2.05) is 12.1 Å². The van der Waals surface area contributed by atoms with Crippen LogP contribution in [-0.4, -0.2) is 12.2 Å². The molecule has 0 bridgehead atoms. The van der Waals surface area contributed by atoms with Crippen molar-refractivity contribution >= 4 is 11.6 Å². The molecule has 1 aromatic carbocycles. The van der Waals surface area contributed by atoms with E-state index in [4.69, 9.17) is 17.4 Å². The van der Waals surface area contributed by atoms with Crippen LogP contribution in [0.15, 0.2) is 24.3 Å². The Kier molecular flexibility index (Phi) is 5.91. The first-order valence-corrected chi connectivity index (χ1v) is 6.06. The van der Waals surface area contributed by atoms with E-state index < -0.39 is 12.6 Å². The maximum atomic E-state index is 12.0. The first kappa shape index (κ1) is 15.3. The summed E-state index contributed by atoms with van der Waals surface area (Å²) in [5, 5.41) is 0.632. The van der Waals surface area contributed by atoms with E-state index in [1.165, 1.54) is 0 Å². The molecule has 2 nitrogen and oxygen atoms in total. The largest absolute Gasteiger partial charge is 0.389 e. The smallest absolute Gasteiger partial charge is 0.271 e. The van der Waals surface area contributed by atoms with Crippen LogP contribution in [0.1, 0.15) is 24.8 Å². The van der Waals surface area contributed by atoms with E-state index in [0.29, 0.717) is 17.9 Å². The van der Waals surface area contributed by atoms with Crippen molar-refractivity contribution in [1.82, 2.24) is 5.43 Å². The summed E-state index contributed by atoms with van der Waals surface area (Å²) in [4.78, 5) is 0. The molecular formula is C12H16ClF3N2. The Labute approximate surface area is 109 Å². The van der Waals surface area contributed by atoms with Crippen LogP contribution in [0.4, 0.5) is 13.2 Å². The van der Waals surface area contributed by atoms with Crippen molar-refractivity contribution in [2.75, 3.05) is 0 Å². The van der Waals surface area contributed by atoms with Gasteiger partial charge in [-0.05, 0) is 37.0 Å². The van der Waals surface area contributed by atoms with Gasteiger partial charge in [0.1, 0.15) is 0 Å². The zero-order chi connectivity index (χ0) is 13.6. The Bertz CT molecular complexity index is 351. The van der Waals surface area contributed by atoms with Gasteiger partial charge < -0.3 is 0 Å². The lowest BCUT2D eigenvalue weighted by Gasteiger charge is -2.16. The molecule has 0 heterocycles. The van der Waals surface area contributed by atoms with E-state index >= 15 is 0 Å². The third-order valence-corrected chi connectivity index (χ3v) is 2.90. The Hall–Kier alpha value is -0.780. The first-order chi connectivity index (χ1) is 8.40. The number of halogens is 4. The predicted octanol–water partition coefficient (Wildman–Crippen LogP) is 3.45. The molecule has 18 heavy (non-hydrogen) atoms. The van der Waals surface area contributed by atoms with E-state index in [-0.39, 0.29) is 12.5 Å². The van der Waals surface area contributed by atoms with Crippen molar-refractivity contribution in [3.8, 4) is 0 Å². The molecule has 0 aliphatic heterocycles. The number of hydrogen-bond acceptors (Lipinski definition) is 2. The minimum absolute atomic E-state index is 0.0754. The van der Waals surface area contributed by atoms with Gasteiger partial charge >= 0.3 is 6.18 Å². The van der Waals surface area contributed by atoms with E-state index in [0.717, 1.165) is 5.56 Å². The molecule has 1 aromatic rings. The van der Waals surface area contributed by atoms with E-state index in [1.54, 1.807) is 12.1 Å². The van der Waals surface area contributed by atoms with Gasteiger partial charge in [-0.1, -0.05) is 23.7 Å². The molecule has 102 valence electrons. The number of benzene rings is 1. The lowest BCUT2D eigenvalue weighted by molar-refractivity contribution is -0.135. The van der Waals surface area contributed by atoms with Crippen molar-refractivity contribution in [3.63, 3.8) is 0 Å². The molecular weight excluding hydrogens is 265 g/mol. The molecule has 3 N–H and O–H groups in total. The molecule has 1 unspecified atom stereocenters. The fraction of sp³-hybridized carbons (Fsp3) is 0.500. The van der Waals surface area contributed by atoms with Gasteiger partial charge in [-0.2, -0.15) is 13.2 Å². The Morgan fingerprint density at radius 3 is 2.33 bits per heavy atom. The van der Waals surface area contributed by atoms with Crippen molar-refractivity contribution < 1.29 is 13.2 Å². The van der Waals surface area contributed by atoms with Crippen LogP contribution in [0.3, 0.4) is 0 Å². The highest BCUT2D eigenvalue weighted by Gasteiger charge is 2.26. The molecule has 0 saturated carbocycles. The molecule has 1 rings (SSSR count). The number of alkyl halides is 3. The van der Waals surface area contributed by atoms with Crippen LogP contribution in [0.25, 0.3) is 0 Å². The fourth-order valence-electron chi connectivity index (χ4n) is 1.70. The number of nitrogens with one attached hydrogen (secondary N) is 1. The van der Waals surface area contributed by atoms with Crippen LogP contribution in [0.5, 0.6) is 0 Å². The Morgan fingerprint density at radius 2 is 1.83 bits per heavy atom. The number of hydrazine groups is 1. The number of rotatable bonds is 6. The molecule has 0 spiro atoms. The second-order valence-corrected chi connectivity index (χ2v) is 4.64. The third-order valence-electron chi connectivity index (χ3n) is 2.64. The Balaban J connectivity index is 2.40. The monoisotopic (exact) mass is 280 g/mol. The SMILES string of the molecule is NNC(CCCC(F)(F)F)Cc1ccc(Cl)cc1. The van der Waals surface area contributed by atoms with Crippen molar-refractivity contribution in [2.45, 2.75) is 37.9 Å². The van der Waals surface area contributed by atoms with Crippen molar-refractivity contribution in [3.05, 3.63) is 34.9 Å². The molecule has 0 fully saturated rings. The first-order valence-electron chi connectivity index (χ1n) is 5.68. The number of hydrogen-bond donors (Lipinski definition) is 2. The van der Waals surface area contributed by atoms with Gasteiger partial charge in [-0.25, -0.2) is 0 Å². The average molecular weight is 281 g/mol. The summed E-state index contributed by atoms with van der Waals surface area (Å²) in [7, 11) is 0. The maximum absolute atomic E-state index is 12.0. The molecule has 6 heteroatoms. The second kappa shape index (κ2) is 6.97. The van der Waals surface area contributed by atoms with Crippen molar-refractivity contribution in [1.29, 1.82) is 0 Å². The summed E-state index contributed by atoms with van der Waals surface area (Å²) in [5.74, 6) is 5.34. The van der Waals surface area contributed by atoms with Crippen LogP contribution in [0, 0.1) is 0 Å². The zero-order valence-corrected chi connectivity index (χ0v) is 10.6. The molecule has 0 aromatic heterocycles. The number of nitrogens with two attached hydrogens (primary N) is 1. The summed E-state index contributed by atoms with van der Waals surface area (Å²) in [6.07, 6.45) is -3.82. The van der Waals surface area contributed by atoms with Gasteiger partial charge in [-0.15, -0.1) is 0 Å². The quantitative estimate of drug-likeness (QED) is 0.619. The highest BCUT2D eigenvalue weighted by Crippen LogP contribution is 2.23. The summed E-state index contributed by atoms with van der Waals surface area (Å²) in [6.45, 7) is 0. The van der Waals surface area contributed by atoms with Crippen LogP contribution < -0.4 is 11.3 Å². The van der Waals surface area contributed by atoms with Gasteiger partial charge in [0.15, 0.2) is 0 Å². The molecule has 0 radical (unpaired) electrons. The molecule has 0 amide bonds. The topological polar surface area (TPSA) is 38.0 Å². The van der Waals surface area contributed by atoms with Gasteiger partial charge in [0.25, 0.3) is 0 Å². The van der Waals surface area contributed by atoms with Gasteiger partial charge in [0.2, 0.25) is 0 Å². The molecule has 0 aliphatic carbocycles. The minimum atomic E-state index is -4.10. The highest BCUT2D eigenvalue weighted by molar-refractivity contribution is 6.30. The minimum Gasteiger partial charge on any atom is -0.271 e. The summed E-state index contributed by atoms with van der Waals surface area (Å²) in [6, 6.07) is 7.03. The van der Waals surface area contributed by atoms with Gasteiger partial charge in [0, 0.05) is 17.5 Å². The van der Waals surface area contributed by atoms with Crippen LogP contribution >= 0.6 is 11.6 Å². The summed E-state index contributed by atoms with van der Waals surface area (Å²) < 4.78 is 36.0. The standard InChI is InChI=1S/C12H16ClF3N2/c13-10-5-3-9(4-6-10)8-11(18-17)2-1-7-12(14,15)16/h3-6,11,18H,1-2,7-8,17H2. The maximum Gasteiger partial charge on any atom is 0.389 e. The lowest BCUT2D eigenvalue weighted by Crippen LogP contribution is -2.36. The van der Waals surface area contributed by atoms with Crippen LogP contribution in [-0.2, 0) is 6.42 Å². The van der Waals surface area contributed by atoms with Crippen molar-refractivity contribution in [2.24, 2.45) is 5.84 Å². The molecule has 0 aliphatic rings. The molecule has 1 atom stereocenters. The summed E-state index contributed by atoms with van der Waals surface area (Å²) >= 11 is 5.75. The van der Waals surface area contributed by atoms with E-state index in [9.17, 15) is 13.2 Å². The second-order valence-electron chi connectivity index (χ2n) is 4.20. The highest BCUT2D eigenvalue weighted by atomic mass is 35.5. The predicted molar refractivity (Wildman–Crippen MR) is 66.2 cm³/mol. The lowest BCUT2D eigenvalue weighted by atomic mass is 10.0. The van der Waals surface area contributed by atoms with Gasteiger partial charge in [-0.3, -0.25) is 11.3 Å². The fourth-order valence-corrected chi connectivity index (χ4v) is 1.82. The third kappa shape index (κ3) is 6.23.